The van der Waals surface area contributed by atoms with Crippen LogP contribution in [-0.4, -0.2) is 38.6 Å². The van der Waals surface area contributed by atoms with E-state index in [1.807, 2.05) is 0 Å². The van der Waals surface area contributed by atoms with Crippen molar-refractivity contribution in [1.29, 1.82) is 0 Å². The fourth-order valence-corrected chi connectivity index (χ4v) is 1.98. The van der Waals surface area contributed by atoms with Crippen LogP contribution in [0.2, 0.25) is 0 Å². The largest absolute Gasteiger partial charge is 0.624 e. The second-order valence-corrected chi connectivity index (χ2v) is 4.64. The average Bonchev–Trinajstić information content (AvgIpc) is 2.40. The average molecular weight is 278 g/mol. The van der Waals surface area contributed by atoms with Gasteiger partial charge in [0.1, 0.15) is 11.8 Å². The lowest BCUT2D eigenvalue weighted by Crippen LogP contribution is -2.30. The van der Waals surface area contributed by atoms with Gasteiger partial charge in [-0.05, 0) is 19.9 Å². The summed E-state index contributed by atoms with van der Waals surface area (Å²) in [6.45, 7) is 2.85. The molecule has 1 heterocycles. The molecule has 0 spiro atoms. The molecule has 0 aliphatic carbocycles. The fraction of sp³-hybridized carbons (Fsp3) is 0.308. The highest BCUT2D eigenvalue weighted by molar-refractivity contribution is 5.77. The molecule has 2 rings (SSSR count). The van der Waals surface area contributed by atoms with Crippen molar-refractivity contribution in [2.24, 2.45) is 0 Å². The first-order valence-electron chi connectivity index (χ1n) is 6.14. The Morgan fingerprint density at radius 1 is 1.50 bits per heavy atom. The number of aliphatic hydroxyl groups excluding tert-OH is 1. The maximum Gasteiger partial charge on any atom is 0.349 e. The van der Waals surface area contributed by atoms with Crippen LogP contribution in [0.5, 0.6) is 0 Å². The Kier molecular flexibility index (Phi) is 3.71. The van der Waals surface area contributed by atoms with Crippen LogP contribution < -0.4 is 4.43 Å². The number of hydroxylamine groups is 1. The number of hydrogen-bond donors (Lipinski definition) is 2. The summed E-state index contributed by atoms with van der Waals surface area (Å²) in [6.07, 6.45) is 0.250. The number of aromatic nitrogens is 2. The fourth-order valence-electron chi connectivity index (χ4n) is 1.98. The summed E-state index contributed by atoms with van der Waals surface area (Å²) in [4.78, 5) is 12.3. The van der Waals surface area contributed by atoms with Crippen molar-refractivity contribution in [2.75, 3.05) is 6.54 Å². The molecule has 0 aliphatic heterocycles. The van der Waals surface area contributed by atoms with Gasteiger partial charge in [-0.3, -0.25) is 0 Å². The lowest BCUT2D eigenvalue weighted by Gasteiger charge is -2.06. The van der Waals surface area contributed by atoms with Crippen LogP contribution in [0, 0.1) is 17.0 Å². The molecule has 2 aromatic rings. The molecular weight excluding hydrogens is 262 g/mol. The summed E-state index contributed by atoms with van der Waals surface area (Å²) in [7, 11) is 0. The monoisotopic (exact) mass is 278 g/mol. The van der Waals surface area contributed by atoms with Crippen molar-refractivity contribution in [3.05, 3.63) is 45.8 Å². The molecular formula is C13H16N3O4+. The summed E-state index contributed by atoms with van der Waals surface area (Å²) in [5.74, 6) is 0. The van der Waals surface area contributed by atoms with Gasteiger partial charge in [0.25, 0.3) is 11.7 Å². The SMILES string of the molecule is Cc1c(C=[N+]([O-])C[C@@H](C)O)[n+](=O)c2ccccc2n1O. The quantitative estimate of drug-likeness (QED) is 0.279. The van der Waals surface area contributed by atoms with E-state index in [4.69, 9.17) is 5.11 Å². The lowest BCUT2D eigenvalue weighted by atomic mass is 10.2. The van der Waals surface area contributed by atoms with E-state index in [-0.39, 0.29) is 23.4 Å². The molecule has 2 N–H and O–H groups in total. The van der Waals surface area contributed by atoms with E-state index in [9.17, 15) is 15.3 Å². The summed E-state index contributed by atoms with van der Waals surface area (Å²) < 4.78 is 1.92. The molecule has 1 aromatic carbocycles. The lowest BCUT2D eigenvalue weighted by molar-refractivity contribution is -0.489. The molecule has 0 saturated carbocycles. The Labute approximate surface area is 114 Å². The highest BCUT2D eigenvalue weighted by atomic mass is 16.5. The van der Waals surface area contributed by atoms with Gasteiger partial charge in [-0.25, -0.2) is 4.74 Å². The molecule has 7 heteroatoms. The number of rotatable bonds is 3. The Morgan fingerprint density at radius 3 is 2.80 bits per heavy atom. The van der Waals surface area contributed by atoms with Gasteiger partial charge < -0.3 is 15.5 Å². The molecule has 1 aromatic heterocycles. The van der Waals surface area contributed by atoms with Gasteiger partial charge in [0.05, 0.1) is 4.43 Å². The van der Waals surface area contributed by atoms with Gasteiger partial charge in [0, 0.05) is 11.0 Å². The van der Waals surface area contributed by atoms with Crippen molar-refractivity contribution < 1.29 is 19.5 Å². The van der Waals surface area contributed by atoms with E-state index < -0.39 is 6.10 Å². The summed E-state index contributed by atoms with van der Waals surface area (Å²) in [6, 6.07) is 6.52. The van der Waals surface area contributed by atoms with Gasteiger partial charge in [0.15, 0.2) is 12.1 Å². The van der Waals surface area contributed by atoms with Crippen molar-refractivity contribution >= 4 is 17.2 Å². The molecule has 7 nitrogen and oxygen atoms in total. The first-order chi connectivity index (χ1) is 9.41. The van der Waals surface area contributed by atoms with Crippen LogP contribution in [0.1, 0.15) is 18.3 Å². The smallest absolute Gasteiger partial charge is 0.349 e. The minimum absolute atomic E-state index is 0.0295. The van der Waals surface area contributed by atoms with Gasteiger partial charge in [-0.1, -0.05) is 12.1 Å². The maximum absolute atomic E-state index is 12.3. The van der Waals surface area contributed by atoms with E-state index in [2.05, 4.69) is 0 Å². The Morgan fingerprint density at radius 2 is 2.15 bits per heavy atom. The third-order valence-corrected chi connectivity index (χ3v) is 2.95. The van der Waals surface area contributed by atoms with Crippen molar-refractivity contribution in [3.8, 4) is 0 Å². The number of aliphatic hydroxyl groups is 1. The predicted molar refractivity (Wildman–Crippen MR) is 72.6 cm³/mol. The topological polar surface area (TPSA) is 94.4 Å². The van der Waals surface area contributed by atoms with Gasteiger partial charge >= 0.3 is 5.69 Å². The molecule has 0 aliphatic rings. The number of fused-ring (bicyclic) bond motifs is 1. The number of hydrogen-bond acceptors (Lipinski definition) is 4. The minimum atomic E-state index is -0.814. The van der Waals surface area contributed by atoms with Crippen LogP contribution in [0.3, 0.4) is 0 Å². The zero-order valence-corrected chi connectivity index (χ0v) is 11.2. The molecule has 0 unspecified atom stereocenters. The Balaban J connectivity index is 2.69. The van der Waals surface area contributed by atoms with Crippen molar-refractivity contribution in [3.63, 3.8) is 0 Å². The van der Waals surface area contributed by atoms with Gasteiger partial charge in [0.2, 0.25) is 0 Å². The summed E-state index contributed by atoms with van der Waals surface area (Å²) >= 11 is 0. The molecule has 0 bridgehead atoms. The molecule has 0 amide bonds. The normalized spacial score (nSPS) is 13.7. The second kappa shape index (κ2) is 5.30. The van der Waals surface area contributed by atoms with Gasteiger partial charge in [-0.15, -0.1) is 0 Å². The summed E-state index contributed by atoms with van der Waals surface area (Å²) in [5.41, 5.74) is 0.870. The Bertz CT molecular complexity index is 734. The van der Waals surface area contributed by atoms with E-state index in [0.29, 0.717) is 14.7 Å². The molecule has 0 fully saturated rings. The van der Waals surface area contributed by atoms with Crippen LogP contribution >= 0.6 is 0 Å². The van der Waals surface area contributed by atoms with Crippen LogP contribution in [-0.2, 0) is 0 Å². The Hall–Kier alpha value is -2.41. The zero-order valence-electron chi connectivity index (χ0n) is 11.2. The third kappa shape index (κ3) is 2.48. The molecule has 0 saturated heterocycles. The number of benzene rings is 1. The van der Waals surface area contributed by atoms with Gasteiger partial charge in [-0.2, -0.15) is 4.73 Å². The molecule has 20 heavy (non-hydrogen) atoms. The minimum Gasteiger partial charge on any atom is -0.624 e. The predicted octanol–water partition coefficient (Wildman–Crippen LogP) is 0.412. The molecule has 1 atom stereocenters. The second-order valence-electron chi connectivity index (χ2n) is 4.64. The highest BCUT2D eigenvalue weighted by Crippen LogP contribution is 2.11. The van der Waals surface area contributed by atoms with E-state index in [0.717, 1.165) is 10.9 Å². The zero-order chi connectivity index (χ0) is 14.9. The van der Waals surface area contributed by atoms with E-state index in [1.165, 1.54) is 13.8 Å². The van der Waals surface area contributed by atoms with Crippen LogP contribution in [0.4, 0.5) is 0 Å². The van der Waals surface area contributed by atoms with Crippen LogP contribution in [0.15, 0.2) is 24.3 Å². The summed E-state index contributed by atoms with van der Waals surface area (Å²) in [5, 5.41) is 30.8. The number of nitrogens with zero attached hydrogens (tertiary/aromatic N) is 3. The molecule has 106 valence electrons. The third-order valence-electron chi connectivity index (χ3n) is 2.95. The maximum atomic E-state index is 12.3. The first-order valence-corrected chi connectivity index (χ1v) is 6.14. The number of para-hydroxylation sites is 2. The van der Waals surface area contributed by atoms with E-state index >= 15 is 0 Å². The standard InChI is InChI=1S/C13H16N3O4/c1-9(17)7-14(18)8-13-10(2)15(19)11-5-3-4-6-12(11)16(13)20/h3-6,8-9,17,19H,7H2,1-2H3/q+1/t9-/m1/s1. The van der Waals surface area contributed by atoms with E-state index in [1.54, 1.807) is 24.3 Å². The van der Waals surface area contributed by atoms with Crippen molar-refractivity contribution in [1.82, 2.24) is 4.73 Å². The highest BCUT2D eigenvalue weighted by Gasteiger charge is 2.23. The van der Waals surface area contributed by atoms with Crippen LogP contribution in [0.25, 0.3) is 11.0 Å². The van der Waals surface area contributed by atoms with Crippen molar-refractivity contribution in [2.45, 2.75) is 20.0 Å². The molecule has 0 radical (unpaired) electrons. The first kappa shape index (κ1) is 14.0.